The SMILES string of the molecule is NC(=O)C1CCC(n2c(Nc3c(F)cc(Cl)cc3F)nc3cnc(NC4CC(F)(F)C4)nc32)CC1. The van der Waals surface area contributed by atoms with E-state index in [0.29, 0.717) is 36.8 Å². The van der Waals surface area contributed by atoms with Gasteiger partial charge in [-0.15, -0.1) is 0 Å². The lowest BCUT2D eigenvalue weighted by Crippen LogP contribution is -2.44. The molecule has 35 heavy (non-hydrogen) atoms. The number of halogens is 5. The Bertz CT molecular complexity index is 1260. The number of nitrogens with zero attached hydrogens (tertiary/aromatic N) is 4. The third-order valence-electron chi connectivity index (χ3n) is 6.56. The highest BCUT2D eigenvalue weighted by Gasteiger charge is 2.45. The molecule has 1 amide bonds. The van der Waals surface area contributed by atoms with Crippen molar-refractivity contribution in [2.45, 2.75) is 56.5 Å². The van der Waals surface area contributed by atoms with E-state index >= 15 is 0 Å². The molecule has 2 aromatic heterocycles. The number of imidazole rings is 1. The molecule has 2 fully saturated rings. The number of carbonyl (C=O) groups is 1. The molecule has 8 nitrogen and oxygen atoms in total. The molecule has 0 unspecified atom stereocenters. The Balaban J connectivity index is 1.51. The fourth-order valence-corrected chi connectivity index (χ4v) is 4.92. The van der Waals surface area contributed by atoms with Crippen molar-refractivity contribution < 1.29 is 22.4 Å². The number of anilines is 3. The first-order chi connectivity index (χ1) is 16.6. The predicted molar refractivity (Wildman–Crippen MR) is 122 cm³/mol. The largest absolute Gasteiger partial charge is 0.369 e. The van der Waals surface area contributed by atoms with Gasteiger partial charge in [0.05, 0.1) is 6.20 Å². The quantitative estimate of drug-likeness (QED) is 0.405. The summed E-state index contributed by atoms with van der Waals surface area (Å²) in [6.45, 7) is 0. The molecule has 0 spiro atoms. The van der Waals surface area contributed by atoms with Crippen LogP contribution in [0.2, 0.25) is 5.02 Å². The molecule has 4 N–H and O–H groups in total. The molecule has 5 rings (SSSR count). The second kappa shape index (κ2) is 8.81. The van der Waals surface area contributed by atoms with Gasteiger partial charge in [-0.3, -0.25) is 9.36 Å². The maximum atomic E-state index is 14.5. The van der Waals surface area contributed by atoms with Gasteiger partial charge in [0.2, 0.25) is 17.8 Å². The maximum absolute atomic E-state index is 14.5. The predicted octanol–water partition coefficient (Wildman–Crippen LogP) is 4.93. The van der Waals surface area contributed by atoms with E-state index in [0.717, 1.165) is 12.1 Å². The highest BCUT2D eigenvalue weighted by Crippen LogP contribution is 2.40. The molecule has 2 heterocycles. The molecule has 186 valence electrons. The van der Waals surface area contributed by atoms with Crippen LogP contribution < -0.4 is 16.4 Å². The normalized spacial score (nSPS) is 22.1. The van der Waals surface area contributed by atoms with Crippen LogP contribution in [0.5, 0.6) is 0 Å². The summed E-state index contributed by atoms with van der Waals surface area (Å²) >= 11 is 5.74. The molecular formula is C22H22ClF4N7O. The number of aromatic nitrogens is 4. The van der Waals surface area contributed by atoms with Crippen molar-refractivity contribution in [3.8, 4) is 0 Å². The van der Waals surface area contributed by atoms with Gasteiger partial charge in [-0.2, -0.15) is 4.98 Å². The van der Waals surface area contributed by atoms with Crippen LogP contribution in [-0.2, 0) is 4.79 Å². The lowest BCUT2D eigenvalue weighted by atomic mass is 9.85. The Morgan fingerprint density at radius 3 is 2.37 bits per heavy atom. The molecule has 0 saturated heterocycles. The van der Waals surface area contributed by atoms with Gasteiger partial charge in [0.1, 0.15) is 11.2 Å². The number of primary amides is 1. The number of hydrogen-bond acceptors (Lipinski definition) is 6. The average molecular weight is 512 g/mol. The first-order valence-corrected chi connectivity index (χ1v) is 11.6. The van der Waals surface area contributed by atoms with Crippen molar-refractivity contribution in [1.29, 1.82) is 0 Å². The molecule has 13 heteroatoms. The monoisotopic (exact) mass is 511 g/mol. The Labute approximate surface area is 202 Å². The van der Waals surface area contributed by atoms with E-state index in [1.54, 1.807) is 4.57 Å². The average Bonchev–Trinajstić information content (AvgIpc) is 3.12. The van der Waals surface area contributed by atoms with E-state index in [4.69, 9.17) is 17.3 Å². The van der Waals surface area contributed by atoms with Crippen molar-refractivity contribution in [2.24, 2.45) is 11.7 Å². The van der Waals surface area contributed by atoms with E-state index in [1.165, 1.54) is 6.20 Å². The summed E-state index contributed by atoms with van der Waals surface area (Å²) in [5.41, 5.74) is 5.75. The van der Waals surface area contributed by atoms with Gasteiger partial charge in [0.25, 0.3) is 5.92 Å². The molecular weight excluding hydrogens is 490 g/mol. The standard InChI is InChI=1S/C22H22ClF4N7O/c23-11-5-14(24)17(15(25)6-11)32-21-31-16-9-29-20(30-12-7-22(26,27)8-12)33-19(16)34(21)13-3-1-10(2-4-13)18(28)35/h5-6,9-10,12-13H,1-4,7-8H2,(H2,28,35)(H,31,32)(H,29,30,33). The summed E-state index contributed by atoms with van der Waals surface area (Å²) in [5.74, 6) is -4.84. The number of hydrogen-bond donors (Lipinski definition) is 3. The fourth-order valence-electron chi connectivity index (χ4n) is 4.73. The third-order valence-corrected chi connectivity index (χ3v) is 6.78. The van der Waals surface area contributed by atoms with E-state index in [9.17, 15) is 22.4 Å². The summed E-state index contributed by atoms with van der Waals surface area (Å²) in [5, 5.41) is 5.53. The number of nitrogens with one attached hydrogen (secondary N) is 2. The molecule has 1 aromatic carbocycles. The van der Waals surface area contributed by atoms with Crippen LogP contribution in [-0.4, -0.2) is 37.4 Å². The zero-order chi connectivity index (χ0) is 24.9. The third kappa shape index (κ3) is 4.71. The van der Waals surface area contributed by atoms with Gasteiger partial charge in [-0.05, 0) is 37.8 Å². The molecule has 2 saturated carbocycles. The minimum Gasteiger partial charge on any atom is -0.369 e. The van der Waals surface area contributed by atoms with Gasteiger partial charge in [-0.25, -0.2) is 27.5 Å². The van der Waals surface area contributed by atoms with Gasteiger partial charge >= 0.3 is 0 Å². The Morgan fingerprint density at radius 1 is 1.11 bits per heavy atom. The summed E-state index contributed by atoms with van der Waals surface area (Å²) in [4.78, 5) is 24.7. The number of nitrogens with two attached hydrogens (primary N) is 1. The maximum Gasteiger partial charge on any atom is 0.252 e. The van der Waals surface area contributed by atoms with E-state index in [-0.39, 0.29) is 47.6 Å². The summed E-state index contributed by atoms with van der Waals surface area (Å²) in [7, 11) is 0. The fraction of sp³-hybridized carbons (Fsp3) is 0.455. The van der Waals surface area contributed by atoms with Crippen molar-refractivity contribution in [1.82, 2.24) is 19.5 Å². The zero-order valence-electron chi connectivity index (χ0n) is 18.4. The van der Waals surface area contributed by atoms with E-state index < -0.39 is 29.3 Å². The van der Waals surface area contributed by atoms with Crippen LogP contribution in [0.3, 0.4) is 0 Å². The van der Waals surface area contributed by atoms with Crippen LogP contribution in [0.15, 0.2) is 18.3 Å². The van der Waals surface area contributed by atoms with Gasteiger partial charge in [0, 0.05) is 35.9 Å². The van der Waals surface area contributed by atoms with Gasteiger partial charge in [0.15, 0.2) is 17.3 Å². The van der Waals surface area contributed by atoms with Gasteiger partial charge < -0.3 is 16.4 Å². The lowest BCUT2D eigenvalue weighted by molar-refractivity contribution is -0.122. The molecule has 2 aliphatic carbocycles. The Morgan fingerprint density at radius 2 is 1.77 bits per heavy atom. The van der Waals surface area contributed by atoms with E-state index in [1.807, 2.05) is 0 Å². The highest BCUT2D eigenvalue weighted by molar-refractivity contribution is 6.30. The summed E-state index contributed by atoms with van der Waals surface area (Å²) in [6, 6.07) is 1.30. The Kier molecular flexibility index (Phi) is 5.94. The van der Waals surface area contributed by atoms with Crippen molar-refractivity contribution >= 4 is 46.3 Å². The van der Waals surface area contributed by atoms with Crippen LogP contribution in [0.1, 0.15) is 44.6 Å². The van der Waals surface area contributed by atoms with Crippen molar-refractivity contribution in [3.05, 3.63) is 35.0 Å². The first-order valence-electron chi connectivity index (χ1n) is 11.2. The molecule has 0 radical (unpaired) electrons. The second-order valence-corrected chi connectivity index (χ2v) is 9.53. The van der Waals surface area contributed by atoms with Crippen LogP contribution >= 0.6 is 11.6 Å². The molecule has 0 aliphatic heterocycles. The Hall–Kier alpha value is -3.15. The number of fused-ring (bicyclic) bond motifs is 1. The zero-order valence-corrected chi connectivity index (χ0v) is 19.1. The van der Waals surface area contributed by atoms with E-state index in [2.05, 4.69) is 25.6 Å². The van der Waals surface area contributed by atoms with Crippen LogP contribution in [0, 0.1) is 17.6 Å². The minimum atomic E-state index is -2.70. The lowest BCUT2D eigenvalue weighted by Gasteiger charge is -2.35. The molecule has 0 atom stereocenters. The number of rotatable bonds is 6. The number of carbonyl (C=O) groups excluding carboxylic acids is 1. The first kappa shape index (κ1) is 23.6. The molecule has 3 aromatic rings. The number of benzene rings is 1. The van der Waals surface area contributed by atoms with Gasteiger partial charge in [-0.1, -0.05) is 11.6 Å². The summed E-state index contributed by atoms with van der Waals surface area (Å²) < 4.78 is 57.2. The molecule has 2 aliphatic rings. The number of alkyl halides is 2. The topological polar surface area (TPSA) is 111 Å². The van der Waals surface area contributed by atoms with Crippen molar-refractivity contribution in [3.63, 3.8) is 0 Å². The van der Waals surface area contributed by atoms with Crippen molar-refractivity contribution in [2.75, 3.05) is 10.6 Å². The second-order valence-electron chi connectivity index (χ2n) is 9.09. The highest BCUT2D eigenvalue weighted by atomic mass is 35.5. The minimum absolute atomic E-state index is 0.0908. The summed E-state index contributed by atoms with van der Waals surface area (Å²) in [6.07, 6.45) is 2.99. The molecule has 0 bridgehead atoms. The van der Waals surface area contributed by atoms with Crippen LogP contribution in [0.4, 0.5) is 35.1 Å². The van der Waals surface area contributed by atoms with Crippen LogP contribution in [0.25, 0.3) is 11.2 Å². The smallest absolute Gasteiger partial charge is 0.252 e. The number of amides is 1.